The van der Waals surface area contributed by atoms with Crippen molar-refractivity contribution < 1.29 is 9.13 Å². The molecule has 0 bridgehead atoms. The molecule has 3 nitrogen and oxygen atoms in total. The van der Waals surface area contributed by atoms with Gasteiger partial charge in [0.25, 0.3) is 0 Å². The molecule has 21 heavy (non-hydrogen) atoms. The molecule has 0 radical (unpaired) electrons. The van der Waals surface area contributed by atoms with Gasteiger partial charge < -0.3 is 4.74 Å². The number of hydrogen-bond donors (Lipinski definition) is 2. The van der Waals surface area contributed by atoms with Crippen LogP contribution in [0.4, 0.5) is 4.39 Å². The van der Waals surface area contributed by atoms with Crippen LogP contribution in [0, 0.1) is 12.7 Å². The number of benzene rings is 2. The summed E-state index contributed by atoms with van der Waals surface area (Å²) in [5, 5.41) is 0.689. The van der Waals surface area contributed by atoms with Crippen LogP contribution >= 0.6 is 11.6 Å². The highest BCUT2D eigenvalue weighted by atomic mass is 35.5. The minimum atomic E-state index is -0.381. The molecular weight excluding hydrogens is 291 g/mol. The summed E-state index contributed by atoms with van der Waals surface area (Å²) in [7, 11) is 1.44. The Morgan fingerprint density at radius 3 is 2.71 bits per heavy atom. The van der Waals surface area contributed by atoms with Crippen molar-refractivity contribution in [3.63, 3.8) is 0 Å². The molecule has 0 saturated heterocycles. The van der Waals surface area contributed by atoms with Crippen molar-refractivity contribution in [3.8, 4) is 5.75 Å². The average molecular weight is 309 g/mol. The van der Waals surface area contributed by atoms with Crippen LogP contribution < -0.4 is 16.0 Å². The van der Waals surface area contributed by atoms with Crippen molar-refractivity contribution in [1.29, 1.82) is 0 Å². The zero-order valence-electron chi connectivity index (χ0n) is 12.0. The van der Waals surface area contributed by atoms with E-state index < -0.39 is 0 Å². The molecule has 0 spiro atoms. The first kappa shape index (κ1) is 15.8. The van der Waals surface area contributed by atoms with Crippen molar-refractivity contribution >= 4 is 11.6 Å². The highest BCUT2D eigenvalue weighted by Gasteiger charge is 2.15. The van der Waals surface area contributed by atoms with Crippen LogP contribution in [-0.2, 0) is 6.42 Å². The van der Waals surface area contributed by atoms with Gasteiger partial charge in [0.15, 0.2) is 11.6 Å². The van der Waals surface area contributed by atoms with Gasteiger partial charge in [-0.25, -0.2) is 4.39 Å². The molecule has 1 atom stereocenters. The summed E-state index contributed by atoms with van der Waals surface area (Å²) in [6.45, 7) is 1.94. The number of halogens is 2. The van der Waals surface area contributed by atoms with Gasteiger partial charge in [0.05, 0.1) is 13.2 Å². The third-order valence-electron chi connectivity index (χ3n) is 3.54. The van der Waals surface area contributed by atoms with Crippen molar-refractivity contribution in [2.24, 2.45) is 5.84 Å². The summed E-state index contributed by atoms with van der Waals surface area (Å²) < 4.78 is 18.7. The zero-order chi connectivity index (χ0) is 15.4. The fourth-order valence-corrected chi connectivity index (χ4v) is 2.51. The molecule has 0 fully saturated rings. The summed E-state index contributed by atoms with van der Waals surface area (Å²) >= 11 is 6.14. The van der Waals surface area contributed by atoms with Crippen LogP contribution in [-0.4, -0.2) is 7.11 Å². The van der Waals surface area contributed by atoms with Crippen LogP contribution in [0.3, 0.4) is 0 Å². The van der Waals surface area contributed by atoms with Crippen LogP contribution in [0.15, 0.2) is 36.4 Å². The Bertz CT molecular complexity index is 634. The lowest BCUT2D eigenvalue weighted by molar-refractivity contribution is 0.386. The van der Waals surface area contributed by atoms with Crippen LogP contribution in [0.25, 0.3) is 0 Å². The third-order valence-corrected chi connectivity index (χ3v) is 3.95. The predicted molar refractivity (Wildman–Crippen MR) is 82.9 cm³/mol. The Kier molecular flexibility index (Phi) is 5.17. The molecule has 0 aliphatic heterocycles. The first-order valence-electron chi connectivity index (χ1n) is 6.60. The lowest BCUT2D eigenvalue weighted by atomic mass is 9.95. The maximum Gasteiger partial charge on any atom is 0.165 e. The van der Waals surface area contributed by atoms with E-state index in [2.05, 4.69) is 5.43 Å². The second kappa shape index (κ2) is 6.89. The lowest BCUT2D eigenvalue weighted by Gasteiger charge is -2.19. The van der Waals surface area contributed by atoms with Gasteiger partial charge in [0.2, 0.25) is 0 Å². The SMILES string of the molecule is COc1ccc(CC(NN)c2cccc(Cl)c2C)cc1F. The van der Waals surface area contributed by atoms with E-state index >= 15 is 0 Å². The number of hydrogen-bond acceptors (Lipinski definition) is 3. The van der Waals surface area contributed by atoms with Gasteiger partial charge in [-0.05, 0) is 48.2 Å². The van der Waals surface area contributed by atoms with E-state index in [4.69, 9.17) is 22.2 Å². The molecule has 5 heteroatoms. The Morgan fingerprint density at radius 2 is 2.10 bits per heavy atom. The smallest absolute Gasteiger partial charge is 0.165 e. The molecule has 2 aromatic carbocycles. The standard InChI is InChI=1S/C16H18ClFN2O/c1-10-12(4-3-5-13(10)17)15(20-19)9-11-6-7-16(21-2)14(18)8-11/h3-8,15,20H,9,19H2,1-2H3. The van der Waals surface area contributed by atoms with E-state index in [0.717, 1.165) is 16.7 Å². The minimum Gasteiger partial charge on any atom is -0.494 e. The summed E-state index contributed by atoms with van der Waals surface area (Å²) in [6.07, 6.45) is 0.554. The number of methoxy groups -OCH3 is 1. The highest BCUT2D eigenvalue weighted by molar-refractivity contribution is 6.31. The van der Waals surface area contributed by atoms with Gasteiger partial charge >= 0.3 is 0 Å². The topological polar surface area (TPSA) is 47.3 Å². The molecule has 0 amide bonds. The van der Waals surface area contributed by atoms with E-state index in [-0.39, 0.29) is 17.6 Å². The first-order valence-corrected chi connectivity index (χ1v) is 6.98. The van der Waals surface area contributed by atoms with Gasteiger partial charge in [0, 0.05) is 5.02 Å². The molecule has 1 unspecified atom stereocenters. The molecule has 0 heterocycles. The van der Waals surface area contributed by atoms with E-state index in [9.17, 15) is 4.39 Å². The van der Waals surface area contributed by atoms with E-state index in [0.29, 0.717) is 11.4 Å². The fourth-order valence-electron chi connectivity index (χ4n) is 2.33. The Hall–Kier alpha value is -1.62. The van der Waals surface area contributed by atoms with Gasteiger partial charge in [-0.15, -0.1) is 0 Å². The molecule has 0 aromatic heterocycles. The quantitative estimate of drug-likeness (QED) is 0.656. The molecule has 3 N–H and O–H groups in total. The highest BCUT2D eigenvalue weighted by Crippen LogP contribution is 2.27. The molecule has 2 rings (SSSR count). The second-order valence-corrected chi connectivity index (χ2v) is 5.25. The molecule has 112 valence electrons. The van der Waals surface area contributed by atoms with Crippen LogP contribution in [0.1, 0.15) is 22.7 Å². The maximum absolute atomic E-state index is 13.8. The normalized spacial score (nSPS) is 12.2. The predicted octanol–water partition coefficient (Wildman–Crippen LogP) is 3.54. The maximum atomic E-state index is 13.8. The Balaban J connectivity index is 2.27. The molecule has 2 aromatic rings. The van der Waals surface area contributed by atoms with Gasteiger partial charge in [-0.2, -0.15) is 0 Å². The van der Waals surface area contributed by atoms with Gasteiger partial charge in [-0.1, -0.05) is 29.8 Å². The first-order chi connectivity index (χ1) is 10.1. The average Bonchev–Trinajstić information content (AvgIpc) is 2.48. The molecular formula is C16H18ClFN2O. The van der Waals surface area contributed by atoms with Gasteiger partial charge in [0.1, 0.15) is 0 Å². The largest absolute Gasteiger partial charge is 0.494 e. The zero-order valence-corrected chi connectivity index (χ0v) is 12.7. The van der Waals surface area contributed by atoms with Crippen molar-refractivity contribution in [3.05, 3.63) is 63.9 Å². The lowest BCUT2D eigenvalue weighted by Crippen LogP contribution is -2.30. The van der Waals surface area contributed by atoms with E-state index in [1.54, 1.807) is 6.07 Å². The monoisotopic (exact) mass is 308 g/mol. The fraction of sp³-hybridized carbons (Fsp3) is 0.250. The van der Waals surface area contributed by atoms with Crippen molar-refractivity contribution in [1.82, 2.24) is 5.43 Å². The van der Waals surface area contributed by atoms with Crippen LogP contribution in [0.2, 0.25) is 5.02 Å². The number of rotatable bonds is 5. The number of hydrazine groups is 1. The molecule has 0 aliphatic rings. The number of nitrogens with two attached hydrogens (primary N) is 1. The van der Waals surface area contributed by atoms with E-state index in [1.165, 1.54) is 13.2 Å². The third kappa shape index (κ3) is 3.53. The number of ether oxygens (including phenoxy) is 1. The molecule has 0 saturated carbocycles. The Labute approximate surface area is 128 Å². The second-order valence-electron chi connectivity index (χ2n) is 4.85. The van der Waals surface area contributed by atoms with Crippen molar-refractivity contribution in [2.75, 3.05) is 7.11 Å². The minimum absolute atomic E-state index is 0.142. The summed E-state index contributed by atoms with van der Waals surface area (Å²) in [5.74, 6) is 5.50. The number of nitrogens with one attached hydrogen (secondary N) is 1. The summed E-state index contributed by atoms with van der Waals surface area (Å²) in [6, 6.07) is 10.4. The van der Waals surface area contributed by atoms with E-state index in [1.807, 2.05) is 31.2 Å². The van der Waals surface area contributed by atoms with Gasteiger partial charge in [-0.3, -0.25) is 11.3 Å². The summed E-state index contributed by atoms with van der Waals surface area (Å²) in [4.78, 5) is 0. The summed E-state index contributed by atoms with van der Waals surface area (Å²) in [5.41, 5.74) is 5.57. The molecule has 0 aliphatic carbocycles. The van der Waals surface area contributed by atoms with Crippen LogP contribution in [0.5, 0.6) is 5.75 Å². The Morgan fingerprint density at radius 1 is 1.33 bits per heavy atom. The van der Waals surface area contributed by atoms with Crippen molar-refractivity contribution in [2.45, 2.75) is 19.4 Å².